The van der Waals surface area contributed by atoms with Crippen LogP contribution in [0.4, 0.5) is 5.13 Å². The average Bonchev–Trinajstić information content (AvgIpc) is 3.02. The highest BCUT2D eigenvalue weighted by atomic mass is 32.1. The molecule has 25 heavy (non-hydrogen) atoms. The van der Waals surface area contributed by atoms with Gasteiger partial charge >= 0.3 is 0 Å². The quantitative estimate of drug-likeness (QED) is 0.684. The summed E-state index contributed by atoms with van der Waals surface area (Å²) in [6.45, 7) is 1.35. The number of para-hydroxylation sites is 1. The van der Waals surface area contributed by atoms with Gasteiger partial charge in [0.1, 0.15) is 17.0 Å². The van der Waals surface area contributed by atoms with Gasteiger partial charge in [0.25, 0.3) is 5.91 Å². The fraction of sp³-hybridized carbons (Fsp3) is 0.167. The number of ether oxygens (including phenoxy) is 2. The number of rotatable bonds is 6. The number of benzene rings is 2. The molecule has 1 heterocycles. The molecule has 0 saturated carbocycles. The highest BCUT2D eigenvalue weighted by Gasteiger charge is 2.11. The van der Waals surface area contributed by atoms with E-state index in [1.54, 1.807) is 31.4 Å². The number of nitrogens with one attached hydrogen (secondary N) is 1. The van der Waals surface area contributed by atoms with Crippen molar-refractivity contribution in [2.24, 2.45) is 0 Å². The van der Waals surface area contributed by atoms with Crippen LogP contribution in [-0.4, -0.2) is 30.4 Å². The van der Waals surface area contributed by atoms with Crippen LogP contribution in [0.3, 0.4) is 0 Å². The number of anilines is 1. The third-order valence-electron chi connectivity index (χ3n) is 3.48. The summed E-state index contributed by atoms with van der Waals surface area (Å²) in [5.74, 6) is 0.853. The predicted molar refractivity (Wildman–Crippen MR) is 96.7 cm³/mol. The van der Waals surface area contributed by atoms with Crippen molar-refractivity contribution >= 4 is 38.4 Å². The number of thiazole rings is 1. The van der Waals surface area contributed by atoms with Crippen LogP contribution in [-0.2, 0) is 4.79 Å². The number of carbonyl (C=O) groups is 2. The van der Waals surface area contributed by atoms with Crippen LogP contribution in [0, 0.1) is 0 Å². The van der Waals surface area contributed by atoms with Crippen molar-refractivity contribution in [3.63, 3.8) is 0 Å². The number of hydrogen-bond donors (Lipinski definition) is 1. The Morgan fingerprint density at radius 1 is 1.16 bits per heavy atom. The van der Waals surface area contributed by atoms with Gasteiger partial charge in [0.05, 0.1) is 11.8 Å². The van der Waals surface area contributed by atoms with Crippen LogP contribution in [0.2, 0.25) is 0 Å². The summed E-state index contributed by atoms with van der Waals surface area (Å²) in [6, 6.07) is 12.3. The van der Waals surface area contributed by atoms with Gasteiger partial charge in [-0.1, -0.05) is 17.4 Å². The smallest absolute Gasteiger partial charge is 0.264 e. The molecular weight excluding hydrogens is 340 g/mol. The molecule has 1 N–H and O–H groups in total. The summed E-state index contributed by atoms with van der Waals surface area (Å²) >= 11 is 1.37. The van der Waals surface area contributed by atoms with Crippen molar-refractivity contribution in [1.82, 2.24) is 4.98 Å². The van der Waals surface area contributed by atoms with Crippen molar-refractivity contribution in [1.29, 1.82) is 0 Å². The van der Waals surface area contributed by atoms with E-state index in [1.807, 2.05) is 18.2 Å². The average molecular weight is 356 g/mol. The Bertz CT molecular complexity index is 918. The first-order valence-electron chi connectivity index (χ1n) is 7.54. The lowest BCUT2D eigenvalue weighted by Gasteiger charge is -2.06. The van der Waals surface area contributed by atoms with Gasteiger partial charge in [-0.2, -0.15) is 0 Å². The molecule has 1 amide bonds. The number of hydrogen-bond acceptors (Lipinski definition) is 6. The van der Waals surface area contributed by atoms with Crippen molar-refractivity contribution < 1.29 is 19.1 Å². The molecule has 128 valence electrons. The van der Waals surface area contributed by atoms with Crippen molar-refractivity contribution in [3.05, 3.63) is 48.0 Å². The van der Waals surface area contributed by atoms with E-state index in [4.69, 9.17) is 9.47 Å². The summed E-state index contributed by atoms with van der Waals surface area (Å²) in [4.78, 5) is 27.6. The second-order valence-corrected chi connectivity index (χ2v) is 6.27. The Hall–Kier alpha value is -2.93. The number of methoxy groups -OCH3 is 1. The number of ketones is 1. The second-order valence-electron chi connectivity index (χ2n) is 5.24. The Morgan fingerprint density at radius 3 is 2.60 bits per heavy atom. The van der Waals surface area contributed by atoms with E-state index in [-0.39, 0.29) is 18.3 Å². The fourth-order valence-corrected chi connectivity index (χ4v) is 3.13. The maximum atomic E-state index is 12.0. The second kappa shape index (κ2) is 7.31. The maximum Gasteiger partial charge on any atom is 0.264 e. The minimum Gasteiger partial charge on any atom is -0.494 e. The minimum absolute atomic E-state index is 0.0180. The normalized spacial score (nSPS) is 10.5. The van der Waals surface area contributed by atoms with Crippen molar-refractivity contribution in [3.8, 4) is 11.5 Å². The van der Waals surface area contributed by atoms with E-state index in [2.05, 4.69) is 10.3 Å². The Balaban J connectivity index is 1.61. The molecule has 0 saturated heterocycles. The molecule has 0 radical (unpaired) electrons. The van der Waals surface area contributed by atoms with E-state index in [9.17, 15) is 9.59 Å². The van der Waals surface area contributed by atoms with Crippen LogP contribution >= 0.6 is 11.3 Å². The van der Waals surface area contributed by atoms with Gasteiger partial charge in [0.15, 0.2) is 17.5 Å². The molecule has 6 nitrogen and oxygen atoms in total. The molecule has 0 spiro atoms. The molecule has 0 aliphatic rings. The first kappa shape index (κ1) is 16.9. The molecule has 3 rings (SSSR count). The summed E-state index contributed by atoms with van der Waals surface area (Å²) in [5, 5.41) is 3.20. The number of fused-ring (bicyclic) bond motifs is 1. The van der Waals surface area contributed by atoms with Crippen LogP contribution < -0.4 is 14.8 Å². The minimum atomic E-state index is -0.311. The summed E-state index contributed by atoms with van der Waals surface area (Å²) in [6.07, 6.45) is 0. The fourth-order valence-electron chi connectivity index (χ4n) is 2.23. The molecule has 0 atom stereocenters. The predicted octanol–water partition coefficient (Wildman–Crippen LogP) is 3.53. The summed E-state index contributed by atoms with van der Waals surface area (Å²) < 4.78 is 11.6. The number of carbonyl (C=O) groups excluding carboxylic acids is 2. The molecule has 3 aromatic rings. The molecule has 0 unspecified atom stereocenters. The van der Waals surface area contributed by atoms with Gasteiger partial charge in [-0.05, 0) is 43.3 Å². The standard InChI is InChI=1S/C18H16N2O4S/c1-11(21)12-6-8-13(9-7-12)24-10-16(22)19-18-20-17-14(23-2)4-3-5-15(17)25-18/h3-9H,10H2,1-2H3,(H,19,20,22). The van der Waals surface area contributed by atoms with Crippen LogP contribution in [0.25, 0.3) is 10.2 Å². The first-order valence-corrected chi connectivity index (χ1v) is 8.35. The van der Waals surface area contributed by atoms with E-state index in [1.165, 1.54) is 18.3 Å². The number of amides is 1. The zero-order valence-corrected chi connectivity index (χ0v) is 14.6. The van der Waals surface area contributed by atoms with Gasteiger partial charge in [-0.3, -0.25) is 14.9 Å². The lowest BCUT2D eigenvalue weighted by molar-refractivity contribution is -0.118. The van der Waals surface area contributed by atoms with Crippen LogP contribution in [0.15, 0.2) is 42.5 Å². The van der Waals surface area contributed by atoms with Crippen LogP contribution in [0.5, 0.6) is 11.5 Å². The first-order chi connectivity index (χ1) is 12.1. The third kappa shape index (κ3) is 3.95. The lowest BCUT2D eigenvalue weighted by atomic mass is 10.1. The maximum absolute atomic E-state index is 12.0. The van der Waals surface area contributed by atoms with Gasteiger partial charge in [0, 0.05) is 5.56 Å². The number of nitrogens with zero attached hydrogens (tertiary/aromatic N) is 1. The topological polar surface area (TPSA) is 77.5 Å². The lowest BCUT2D eigenvalue weighted by Crippen LogP contribution is -2.20. The Morgan fingerprint density at radius 2 is 1.92 bits per heavy atom. The van der Waals surface area contributed by atoms with Crippen molar-refractivity contribution in [2.45, 2.75) is 6.92 Å². The molecule has 0 bridgehead atoms. The van der Waals surface area contributed by atoms with Gasteiger partial charge in [-0.25, -0.2) is 4.98 Å². The van der Waals surface area contributed by atoms with Gasteiger partial charge < -0.3 is 9.47 Å². The van der Waals surface area contributed by atoms with Crippen LogP contribution in [0.1, 0.15) is 17.3 Å². The van der Waals surface area contributed by atoms with Gasteiger partial charge in [0.2, 0.25) is 0 Å². The van der Waals surface area contributed by atoms with E-state index < -0.39 is 0 Å². The largest absolute Gasteiger partial charge is 0.494 e. The third-order valence-corrected chi connectivity index (χ3v) is 4.42. The molecule has 0 fully saturated rings. The highest BCUT2D eigenvalue weighted by molar-refractivity contribution is 7.22. The highest BCUT2D eigenvalue weighted by Crippen LogP contribution is 2.31. The summed E-state index contributed by atoms with van der Waals surface area (Å²) in [5.41, 5.74) is 1.31. The monoisotopic (exact) mass is 356 g/mol. The molecule has 0 aliphatic heterocycles. The molecule has 0 aliphatic carbocycles. The Kier molecular flexibility index (Phi) is 4.95. The van der Waals surface area contributed by atoms with Gasteiger partial charge in [-0.15, -0.1) is 0 Å². The van der Waals surface area contributed by atoms with Crippen molar-refractivity contribution in [2.75, 3.05) is 19.0 Å². The molecule has 1 aromatic heterocycles. The van der Waals surface area contributed by atoms with E-state index in [0.29, 0.717) is 27.7 Å². The molecular formula is C18H16N2O4S. The summed E-state index contributed by atoms with van der Waals surface area (Å²) in [7, 11) is 1.58. The zero-order chi connectivity index (χ0) is 17.8. The Labute approximate surface area is 148 Å². The molecule has 7 heteroatoms. The van der Waals surface area contributed by atoms with E-state index >= 15 is 0 Å². The zero-order valence-electron chi connectivity index (χ0n) is 13.7. The molecule has 2 aromatic carbocycles. The van der Waals surface area contributed by atoms with E-state index in [0.717, 1.165) is 4.70 Å². The SMILES string of the molecule is COc1cccc2sc(NC(=O)COc3ccc(C(C)=O)cc3)nc12. The number of Topliss-reactive ketones (excluding diaryl/α,β-unsaturated/α-hetero) is 1. The number of aromatic nitrogens is 1.